The van der Waals surface area contributed by atoms with Gasteiger partial charge in [-0.2, -0.15) is 0 Å². The molecule has 0 atom stereocenters. The molecule has 3 heteroatoms. The van der Waals surface area contributed by atoms with Gasteiger partial charge in [0.15, 0.2) is 0 Å². The number of rotatable bonds is 9. The Morgan fingerprint density at radius 1 is 1.13 bits per heavy atom. The summed E-state index contributed by atoms with van der Waals surface area (Å²) in [4.78, 5) is 9.96. The van der Waals surface area contributed by atoms with Crippen LogP contribution in [0.1, 0.15) is 65.2 Å². The van der Waals surface area contributed by atoms with Crippen molar-refractivity contribution in [2.75, 3.05) is 0 Å². The van der Waals surface area contributed by atoms with E-state index in [0.29, 0.717) is 0 Å². The van der Waals surface area contributed by atoms with Crippen LogP contribution in [0, 0.1) is 10.1 Å². The molecule has 0 amide bonds. The van der Waals surface area contributed by atoms with E-state index in [1.807, 2.05) is 0 Å². The van der Waals surface area contributed by atoms with Crippen molar-refractivity contribution in [3.8, 4) is 0 Å². The van der Waals surface area contributed by atoms with Gasteiger partial charge >= 0.3 is 0 Å². The summed E-state index contributed by atoms with van der Waals surface area (Å²) in [5.41, 5.74) is 0.279. The van der Waals surface area contributed by atoms with Gasteiger partial charge in [0.2, 0.25) is 5.70 Å². The predicted octanol–water partition coefficient (Wildman–Crippen LogP) is 4.31. The molecule has 0 bridgehead atoms. The van der Waals surface area contributed by atoms with E-state index < -0.39 is 0 Å². The van der Waals surface area contributed by atoms with Crippen LogP contribution in [0.25, 0.3) is 0 Å². The van der Waals surface area contributed by atoms with Gasteiger partial charge in [-0.3, -0.25) is 10.1 Å². The van der Waals surface area contributed by atoms with Crippen LogP contribution in [0.5, 0.6) is 0 Å². The Morgan fingerprint density at radius 3 is 2.20 bits per heavy atom. The summed E-state index contributed by atoms with van der Waals surface area (Å²) in [6.45, 7) is 3.77. The van der Waals surface area contributed by atoms with Gasteiger partial charge in [0, 0.05) is 6.92 Å². The van der Waals surface area contributed by atoms with Crippen LogP contribution in [0.4, 0.5) is 0 Å². The van der Waals surface area contributed by atoms with Crippen LogP contribution in [-0.4, -0.2) is 4.92 Å². The topological polar surface area (TPSA) is 43.1 Å². The fourth-order valence-corrected chi connectivity index (χ4v) is 1.49. The van der Waals surface area contributed by atoms with Crippen LogP contribution in [0.15, 0.2) is 11.8 Å². The molecule has 15 heavy (non-hydrogen) atoms. The predicted molar refractivity (Wildman–Crippen MR) is 63.4 cm³/mol. The van der Waals surface area contributed by atoms with Crippen molar-refractivity contribution in [1.29, 1.82) is 0 Å². The quantitative estimate of drug-likeness (QED) is 0.325. The van der Waals surface area contributed by atoms with E-state index in [9.17, 15) is 10.1 Å². The molecular weight excluding hydrogens is 190 g/mol. The van der Waals surface area contributed by atoms with Gasteiger partial charge in [0.05, 0.1) is 4.92 Å². The van der Waals surface area contributed by atoms with Crippen molar-refractivity contribution in [2.24, 2.45) is 0 Å². The minimum Gasteiger partial charge on any atom is -0.259 e. The zero-order valence-electron chi connectivity index (χ0n) is 10.00. The van der Waals surface area contributed by atoms with Gasteiger partial charge in [-0.25, -0.2) is 0 Å². The summed E-state index contributed by atoms with van der Waals surface area (Å²) in [5.74, 6) is 0. The number of hydrogen-bond donors (Lipinski definition) is 0. The number of nitrogens with zero attached hydrogens (tertiary/aromatic N) is 1. The third-order valence-electron chi connectivity index (χ3n) is 2.54. The molecule has 0 saturated heterocycles. The molecule has 0 heterocycles. The first-order valence-electron chi connectivity index (χ1n) is 5.99. The Balaban J connectivity index is 3.25. The minimum absolute atomic E-state index is 0.279. The van der Waals surface area contributed by atoms with Crippen molar-refractivity contribution in [3.63, 3.8) is 0 Å². The third-order valence-corrected chi connectivity index (χ3v) is 2.54. The molecule has 0 aliphatic rings. The normalized spacial score (nSPS) is 11.7. The average Bonchev–Trinajstić information content (AvgIpc) is 2.21. The Hall–Kier alpha value is -0.860. The first kappa shape index (κ1) is 14.1. The monoisotopic (exact) mass is 213 g/mol. The van der Waals surface area contributed by atoms with Crippen LogP contribution in [-0.2, 0) is 0 Å². The van der Waals surface area contributed by atoms with Crippen molar-refractivity contribution in [1.82, 2.24) is 0 Å². The second-order valence-corrected chi connectivity index (χ2v) is 4.01. The minimum atomic E-state index is -0.318. The lowest BCUT2D eigenvalue weighted by atomic mass is 10.1. The molecule has 0 spiro atoms. The largest absolute Gasteiger partial charge is 0.259 e. The summed E-state index contributed by atoms with van der Waals surface area (Å²) >= 11 is 0. The second-order valence-electron chi connectivity index (χ2n) is 4.01. The molecule has 0 unspecified atom stereocenters. The first-order chi connectivity index (χ1) is 7.18. The van der Waals surface area contributed by atoms with Crippen molar-refractivity contribution >= 4 is 0 Å². The average molecular weight is 213 g/mol. The Bertz CT molecular complexity index is 200. The standard InChI is InChI=1S/C12H23NO2/c1-3-4-5-6-7-8-9-10-11-12(2)13(14)15/h11H,3-10H2,1-2H3/b12-11-. The summed E-state index contributed by atoms with van der Waals surface area (Å²) < 4.78 is 0. The van der Waals surface area contributed by atoms with Gasteiger partial charge in [-0.05, 0) is 18.9 Å². The van der Waals surface area contributed by atoms with Crippen molar-refractivity contribution in [2.45, 2.75) is 65.2 Å². The molecule has 0 aromatic carbocycles. The maximum absolute atomic E-state index is 10.3. The number of allylic oxidation sites excluding steroid dienone is 2. The van der Waals surface area contributed by atoms with E-state index in [1.165, 1.54) is 38.5 Å². The van der Waals surface area contributed by atoms with E-state index in [2.05, 4.69) is 6.92 Å². The van der Waals surface area contributed by atoms with Crippen LogP contribution in [0.2, 0.25) is 0 Å². The Labute approximate surface area is 92.7 Å². The van der Waals surface area contributed by atoms with Crippen LogP contribution >= 0.6 is 0 Å². The van der Waals surface area contributed by atoms with Gasteiger partial charge in [0.25, 0.3) is 0 Å². The summed E-state index contributed by atoms with van der Waals surface area (Å²) in [6, 6.07) is 0. The van der Waals surface area contributed by atoms with Gasteiger partial charge < -0.3 is 0 Å². The van der Waals surface area contributed by atoms with E-state index >= 15 is 0 Å². The Kier molecular flexibility index (Phi) is 9.13. The zero-order valence-corrected chi connectivity index (χ0v) is 10.00. The molecule has 3 nitrogen and oxygen atoms in total. The van der Waals surface area contributed by atoms with Crippen LogP contribution in [0.3, 0.4) is 0 Å². The van der Waals surface area contributed by atoms with Crippen molar-refractivity contribution in [3.05, 3.63) is 21.9 Å². The van der Waals surface area contributed by atoms with E-state index in [4.69, 9.17) is 0 Å². The van der Waals surface area contributed by atoms with Crippen LogP contribution < -0.4 is 0 Å². The van der Waals surface area contributed by atoms with Gasteiger partial charge in [-0.1, -0.05) is 45.4 Å². The molecule has 88 valence electrons. The SMILES string of the molecule is CCCCCCCCC/C=C(/C)[N+](=O)[O-]. The molecular formula is C12H23NO2. The molecule has 0 aromatic heterocycles. The summed E-state index contributed by atoms with van der Waals surface area (Å²) in [6.07, 6.45) is 11.4. The summed E-state index contributed by atoms with van der Waals surface area (Å²) in [5, 5.41) is 10.3. The molecule has 0 aliphatic carbocycles. The highest BCUT2D eigenvalue weighted by Gasteiger charge is 1.99. The molecule has 0 radical (unpaired) electrons. The molecule has 0 rings (SSSR count). The Morgan fingerprint density at radius 2 is 1.67 bits per heavy atom. The van der Waals surface area contributed by atoms with Gasteiger partial charge in [0.1, 0.15) is 0 Å². The number of hydrogen-bond acceptors (Lipinski definition) is 2. The highest BCUT2D eigenvalue weighted by atomic mass is 16.6. The second kappa shape index (κ2) is 9.69. The fourth-order valence-electron chi connectivity index (χ4n) is 1.49. The molecule has 0 saturated carbocycles. The zero-order chi connectivity index (χ0) is 11.5. The molecule has 0 aromatic rings. The summed E-state index contributed by atoms with van der Waals surface area (Å²) in [7, 11) is 0. The highest BCUT2D eigenvalue weighted by molar-refractivity contribution is 4.86. The molecule has 0 aliphatic heterocycles. The number of unbranched alkanes of at least 4 members (excludes halogenated alkanes) is 7. The van der Waals surface area contributed by atoms with E-state index in [-0.39, 0.29) is 10.6 Å². The lowest BCUT2D eigenvalue weighted by Crippen LogP contribution is -1.92. The number of nitro groups is 1. The molecule has 0 N–H and O–H groups in total. The van der Waals surface area contributed by atoms with Gasteiger partial charge in [-0.15, -0.1) is 0 Å². The smallest absolute Gasteiger partial charge is 0.239 e. The van der Waals surface area contributed by atoms with E-state index in [1.54, 1.807) is 13.0 Å². The maximum Gasteiger partial charge on any atom is 0.239 e. The lowest BCUT2D eigenvalue weighted by Gasteiger charge is -1.98. The van der Waals surface area contributed by atoms with E-state index in [0.717, 1.165) is 12.8 Å². The first-order valence-corrected chi connectivity index (χ1v) is 5.99. The molecule has 0 fully saturated rings. The third kappa shape index (κ3) is 9.44. The maximum atomic E-state index is 10.3. The lowest BCUT2D eigenvalue weighted by molar-refractivity contribution is -0.424. The fraction of sp³-hybridized carbons (Fsp3) is 0.833. The highest BCUT2D eigenvalue weighted by Crippen LogP contribution is 2.09. The van der Waals surface area contributed by atoms with Crippen molar-refractivity contribution < 1.29 is 4.92 Å².